The third-order valence-electron chi connectivity index (χ3n) is 19.2. The van der Waals surface area contributed by atoms with Crippen LogP contribution in [-0.2, 0) is 0 Å². The van der Waals surface area contributed by atoms with Crippen LogP contribution in [0.3, 0.4) is 0 Å². The first-order valence-corrected chi connectivity index (χ1v) is 25.7. The summed E-state index contributed by atoms with van der Waals surface area (Å²) in [6.45, 7) is 24.3. The van der Waals surface area contributed by atoms with Gasteiger partial charge in [-0.25, -0.2) is 0 Å². The normalized spacial score (nSPS) is 46.9. The molecule has 0 aromatic heterocycles. The van der Waals surface area contributed by atoms with Gasteiger partial charge in [0, 0.05) is 0 Å². The Morgan fingerprint density at radius 2 is 0.655 bits per heavy atom. The van der Waals surface area contributed by atoms with Gasteiger partial charge in [0.1, 0.15) is 0 Å². The van der Waals surface area contributed by atoms with Gasteiger partial charge in [-0.15, -0.1) is 0 Å². The van der Waals surface area contributed by atoms with E-state index in [0.717, 1.165) is 118 Å². The third-order valence-corrected chi connectivity index (χ3v) is 19.2. The minimum Gasteiger partial charge on any atom is -0.0882 e. The maximum absolute atomic E-state index is 2.51. The molecular formula is C58H90. The molecule has 0 saturated heterocycles. The van der Waals surface area contributed by atoms with E-state index >= 15 is 0 Å². The molecular weight excluding hydrogens is 697 g/mol. The van der Waals surface area contributed by atoms with E-state index < -0.39 is 0 Å². The van der Waals surface area contributed by atoms with Crippen molar-refractivity contribution in [2.24, 2.45) is 118 Å². The van der Waals surface area contributed by atoms with Gasteiger partial charge in [-0.1, -0.05) is 161 Å². The largest absolute Gasteiger partial charge is 0.0882 e. The lowest BCUT2D eigenvalue weighted by atomic mass is 9.77. The van der Waals surface area contributed by atoms with Crippen molar-refractivity contribution in [3.05, 3.63) is 71.2 Å². The lowest BCUT2D eigenvalue weighted by Gasteiger charge is -2.29. The summed E-state index contributed by atoms with van der Waals surface area (Å²) in [7, 11) is 0. The second-order valence-corrected chi connectivity index (χ2v) is 23.1. The fourth-order valence-electron chi connectivity index (χ4n) is 16.1. The molecule has 0 N–H and O–H groups in total. The number of fused-ring (bicyclic) bond motifs is 6. The predicted molar refractivity (Wildman–Crippen MR) is 253 cm³/mol. The van der Waals surface area contributed by atoms with Crippen molar-refractivity contribution < 1.29 is 0 Å². The highest BCUT2D eigenvalue weighted by atomic mass is 14.5. The van der Waals surface area contributed by atoms with Crippen LogP contribution in [0.25, 0.3) is 12.2 Å². The van der Waals surface area contributed by atoms with Gasteiger partial charge >= 0.3 is 0 Å². The average molecular weight is 787 g/mol. The minimum absolute atomic E-state index is 0.787. The molecule has 0 bridgehead atoms. The first kappa shape index (κ1) is 44.2. The summed E-state index contributed by atoms with van der Waals surface area (Å²) in [5.41, 5.74) is 0. The second kappa shape index (κ2) is 19.9. The minimum atomic E-state index is 0.787. The zero-order valence-electron chi connectivity index (χ0n) is 39.4. The average Bonchev–Trinajstić information content (AvgIpc) is 4.07. The van der Waals surface area contributed by atoms with Crippen molar-refractivity contribution in [2.45, 2.75) is 159 Å². The van der Waals surface area contributed by atoms with Crippen LogP contribution in [0.15, 0.2) is 60.7 Å². The first-order chi connectivity index (χ1) is 27.9. The molecule has 1 aromatic rings. The van der Waals surface area contributed by atoms with Gasteiger partial charge in [0.25, 0.3) is 0 Å². The fraction of sp³-hybridized carbons (Fsp3) is 0.759. The molecule has 0 aliphatic heterocycles. The lowest BCUT2D eigenvalue weighted by molar-refractivity contribution is 0.214. The molecule has 20 unspecified atom stereocenters. The van der Waals surface area contributed by atoms with Gasteiger partial charge in [0.2, 0.25) is 0 Å². The molecule has 0 amide bonds. The summed E-state index contributed by atoms with van der Waals surface area (Å²) < 4.78 is 0. The summed E-state index contributed by atoms with van der Waals surface area (Å²) in [4.78, 5) is 0. The quantitative estimate of drug-likeness (QED) is 0.230. The van der Waals surface area contributed by atoms with E-state index in [4.69, 9.17) is 0 Å². The maximum Gasteiger partial charge on any atom is -0.0133 e. The third kappa shape index (κ3) is 9.94. The van der Waals surface area contributed by atoms with Crippen LogP contribution in [0, 0.1) is 118 Å². The highest BCUT2D eigenvalue weighted by Crippen LogP contribution is 2.51. The van der Waals surface area contributed by atoms with E-state index in [9.17, 15) is 0 Å². The molecule has 0 spiro atoms. The summed E-state index contributed by atoms with van der Waals surface area (Å²) in [5, 5.41) is 2.89. The number of allylic oxidation sites excluding steroid dienone is 6. The molecule has 0 nitrogen and oxygen atoms in total. The zero-order chi connectivity index (χ0) is 41.1. The molecule has 1 aromatic carbocycles. The molecule has 0 heterocycles. The fourth-order valence-corrected chi connectivity index (χ4v) is 16.1. The highest BCUT2D eigenvalue weighted by molar-refractivity contribution is 5.45. The molecule has 0 heteroatoms. The Bertz CT molecular complexity index is 1540. The van der Waals surface area contributed by atoms with Crippen molar-refractivity contribution >= 4 is 12.2 Å². The summed E-state index contributed by atoms with van der Waals surface area (Å²) >= 11 is 0. The van der Waals surface area contributed by atoms with Crippen LogP contribution >= 0.6 is 0 Å². The molecule has 10 aliphatic carbocycles. The summed E-state index contributed by atoms with van der Waals surface area (Å²) in [6, 6.07) is 8.79. The Kier molecular flexibility index (Phi) is 15.2. The van der Waals surface area contributed by atoms with Gasteiger partial charge in [-0.3, -0.25) is 0 Å². The van der Waals surface area contributed by atoms with E-state index in [1.165, 1.54) is 100 Å². The van der Waals surface area contributed by atoms with Crippen LogP contribution in [0.1, 0.15) is 159 Å². The van der Waals surface area contributed by atoms with Crippen molar-refractivity contribution in [2.75, 3.05) is 0 Å². The van der Waals surface area contributed by atoms with E-state index in [1.807, 2.05) is 0 Å². The number of rotatable bonds is 0. The van der Waals surface area contributed by atoms with Gasteiger partial charge < -0.3 is 0 Å². The van der Waals surface area contributed by atoms with E-state index in [0.29, 0.717) is 0 Å². The van der Waals surface area contributed by atoms with Crippen LogP contribution in [0.4, 0.5) is 0 Å². The van der Waals surface area contributed by atoms with Crippen molar-refractivity contribution in [3.8, 4) is 0 Å². The van der Waals surface area contributed by atoms with Crippen LogP contribution < -0.4 is 10.4 Å². The van der Waals surface area contributed by atoms with Crippen LogP contribution in [0.2, 0.25) is 0 Å². The molecule has 20 atom stereocenters. The van der Waals surface area contributed by atoms with Crippen molar-refractivity contribution in [3.63, 3.8) is 0 Å². The molecule has 10 aliphatic rings. The zero-order valence-corrected chi connectivity index (χ0v) is 39.4. The van der Waals surface area contributed by atoms with E-state index in [1.54, 1.807) is 0 Å². The number of hydrogen-bond acceptors (Lipinski definition) is 0. The number of benzene rings is 1. The SMILES string of the molecule is CC1CC(C)C2C=CC=CC12.CC1CC(C)C2C=c3ccccc3=CC12.CC1CC(C)C2CC=CCC12.CC1CC(C)C2CCCC12.CC1CC(C)C2CCCCC12. The lowest BCUT2D eigenvalue weighted by Crippen LogP contribution is -2.32. The van der Waals surface area contributed by atoms with Gasteiger partial charge in [-0.05, 0) is 199 Å². The topological polar surface area (TPSA) is 0 Å². The van der Waals surface area contributed by atoms with Gasteiger partial charge in [-0.2, -0.15) is 0 Å². The molecule has 58 heavy (non-hydrogen) atoms. The Hall–Kier alpha value is -1.82. The summed E-state index contributed by atoms with van der Waals surface area (Å²) in [5.74, 6) is 19.4. The molecule has 7 saturated carbocycles. The Morgan fingerprint density at radius 3 is 1.03 bits per heavy atom. The van der Waals surface area contributed by atoms with Crippen molar-refractivity contribution in [1.29, 1.82) is 0 Å². The van der Waals surface area contributed by atoms with E-state index in [-0.39, 0.29) is 0 Å². The summed E-state index contributed by atoms with van der Waals surface area (Å²) in [6.07, 6.45) is 39.7. The Morgan fingerprint density at radius 1 is 0.345 bits per heavy atom. The van der Waals surface area contributed by atoms with Crippen LogP contribution in [0.5, 0.6) is 0 Å². The van der Waals surface area contributed by atoms with Crippen molar-refractivity contribution in [1.82, 2.24) is 0 Å². The van der Waals surface area contributed by atoms with Crippen LogP contribution in [-0.4, -0.2) is 0 Å². The smallest absolute Gasteiger partial charge is 0.0133 e. The maximum atomic E-state index is 2.51. The molecule has 0 radical (unpaired) electrons. The molecule has 11 rings (SSSR count). The Balaban J connectivity index is 0.000000111. The van der Waals surface area contributed by atoms with Gasteiger partial charge in [0.05, 0.1) is 0 Å². The monoisotopic (exact) mass is 787 g/mol. The van der Waals surface area contributed by atoms with E-state index in [2.05, 4.69) is 142 Å². The highest BCUT2D eigenvalue weighted by Gasteiger charge is 2.42. The number of hydrogen-bond donors (Lipinski definition) is 0. The Labute approximate surface area is 359 Å². The molecule has 7 fully saturated rings. The second-order valence-electron chi connectivity index (χ2n) is 23.1. The standard InChI is InChI=1S/C15H18.C11H20.C11H18.C11H16.C10H18/c1-10-7-11(2)15-9-13-6-4-3-5-12(13)8-14(10)15;3*1-8-7-9(2)11-6-4-3-5-10(8)11;1-7-6-8(2)10-5-3-4-9(7)10/h3-6,8-11,14-15H,7H2,1-2H3;8-11H,3-7H2,1-2H3;3-4,8-11H,5-7H2,1-2H3;3-6,8-11H,7H2,1-2H3;7-10H,3-6H2,1-2H3. The first-order valence-electron chi connectivity index (χ1n) is 25.7. The predicted octanol–water partition coefficient (Wildman–Crippen LogP) is 15.0. The molecule has 322 valence electrons. The van der Waals surface area contributed by atoms with Gasteiger partial charge in [0.15, 0.2) is 0 Å².